The average Bonchev–Trinajstić information content (AvgIpc) is 2.48. The number of fused-ring (bicyclic) bond motifs is 2. The van der Waals surface area contributed by atoms with Crippen LogP contribution in [0.25, 0.3) is 0 Å². The molecule has 0 spiro atoms. The van der Waals surface area contributed by atoms with Gasteiger partial charge in [-0.25, -0.2) is 0 Å². The Morgan fingerprint density at radius 3 is 2.31 bits per heavy atom. The highest BCUT2D eigenvalue weighted by Crippen LogP contribution is 2.26. The minimum atomic E-state index is 1.08. The molecule has 0 saturated carbocycles. The molecule has 0 fully saturated rings. The van der Waals surface area contributed by atoms with E-state index in [9.17, 15) is 0 Å². The van der Waals surface area contributed by atoms with Crippen molar-refractivity contribution in [3.63, 3.8) is 0 Å². The highest BCUT2D eigenvalue weighted by Gasteiger charge is 2.12. The maximum Gasteiger partial charge on any atom is 0.0178 e. The summed E-state index contributed by atoms with van der Waals surface area (Å²) >= 11 is 3.55. The fourth-order valence-corrected chi connectivity index (χ4v) is 2.86. The highest BCUT2D eigenvalue weighted by atomic mass is 79.9. The van der Waals surface area contributed by atoms with Gasteiger partial charge in [0.15, 0.2) is 0 Å². The molecule has 0 heterocycles. The van der Waals surface area contributed by atoms with Gasteiger partial charge < -0.3 is 0 Å². The van der Waals surface area contributed by atoms with Gasteiger partial charge >= 0.3 is 0 Å². The highest BCUT2D eigenvalue weighted by molar-refractivity contribution is 9.10. The van der Waals surface area contributed by atoms with Crippen LogP contribution >= 0.6 is 15.9 Å². The predicted octanol–water partition coefficient (Wildman–Crippen LogP) is 4.14. The van der Waals surface area contributed by atoms with Crippen LogP contribution < -0.4 is 0 Å². The van der Waals surface area contributed by atoms with Gasteiger partial charge in [0.05, 0.1) is 0 Å². The third-order valence-corrected chi connectivity index (χ3v) is 3.82. The Bertz CT molecular complexity index is 529. The maximum absolute atomic E-state index is 3.55. The van der Waals surface area contributed by atoms with Gasteiger partial charge in [-0.2, -0.15) is 0 Å². The molecule has 0 radical (unpaired) electrons. The first-order valence-corrected chi connectivity index (χ1v) is 6.46. The molecule has 0 N–H and O–H groups in total. The first-order chi connectivity index (χ1) is 7.83. The molecule has 0 aromatic heterocycles. The van der Waals surface area contributed by atoms with E-state index in [1.165, 1.54) is 33.1 Å². The Morgan fingerprint density at radius 1 is 0.750 bits per heavy atom. The van der Waals surface area contributed by atoms with Gasteiger partial charge in [-0.05, 0) is 53.6 Å². The lowest BCUT2D eigenvalue weighted by Gasteiger charge is -2.06. The third-order valence-electron chi connectivity index (χ3n) is 3.33. The second kappa shape index (κ2) is 4.06. The van der Waals surface area contributed by atoms with Crippen molar-refractivity contribution < 1.29 is 0 Å². The van der Waals surface area contributed by atoms with E-state index in [1.807, 2.05) is 0 Å². The molecule has 2 aromatic carbocycles. The van der Waals surface area contributed by atoms with Gasteiger partial charge in [0.25, 0.3) is 0 Å². The van der Waals surface area contributed by atoms with E-state index < -0.39 is 0 Å². The molecule has 0 amide bonds. The molecular formula is C15H13Br. The lowest BCUT2D eigenvalue weighted by Crippen LogP contribution is -1.91. The summed E-state index contributed by atoms with van der Waals surface area (Å²) in [6, 6.07) is 15.5. The number of aryl methyl sites for hydroxylation is 2. The van der Waals surface area contributed by atoms with Crippen LogP contribution in [0.15, 0.2) is 46.9 Å². The summed E-state index contributed by atoms with van der Waals surface area (Å²) in [6.07, 6.45) is 3.41. The number of halogens is 1. The lowest BCUT2D eigenvalue weighted by molar-refractivity contribution is 0.964. The van der Waals surface area contributed by atoms with E-state index in [4.69, 9.17) is 0 Å². The van der Waals surface area contributed by atoms with E-state index in [2.05, 4.69) is 58.4 Å². The van der Waals surface area contributed by atoms with Crippen molar-refractivity contribution in [1.82, 2.24) is 0 Å². The average molecular weight is 273 g/mol. The van der Waals surface area contributed by atoms with Gasteiger partial charge in [0.2, 0.25) is 0 Å². The van der Waals surface area contributed by atoms with Crippen LogP contribution in [-0.2, 0) is 19.3 Å². The molecular weight excluding hydrogens is 260 g/mol. The molecule has 1 aliphatic rings. The topological polar surface area (TPSA) is 0 Å². The normalized spacial score (nSPS) is 13.8. The largest absolute Gasteiger partial charge is 0.0620 e. The summed E-state index contributed by atoms with van der Waals surface area (Å²) in [5, 5.41) is 0. The van der Waals surface area contributed by atoms with Gasteiger partial charge in [-0.15, -0.1) is 0 Å². The Morgan fingerprint density at radius 2 is 1.44 bits per heavy atom. The number of hydrogen-bond acceptors (Lipinski definition) is 0. The van der Waals surface area contributed by atoms with Crippen LogP contribution in [0.2, 0.25) is 0 Å². The van der Waals surface area contributed by atoms with Gasteiger partial charge in [-0.3, -0.25) is 0 Å². The van der Waals surface area contributed by atoms with Crippen LogP contribution in [0, 0.1) is 0 Å². The second-order valence-corrected chi connectivity index (χ2v) is 5.27. The molecule has 2 aromatic rings. The van der Waals surface area contributed by atoms with Crippen molar-refractivity contribution in [2.75, 3.05) is 0 Å². The minimum absolute atomic E-state index is 1.08. The molecule has 1 aliphatic carbocycles. The zero-order chi connectivity index (χ0) is 11.0. The van der Waals surface area contributed by atoms with Crippen LogP contribution in [0.3, 0.4) is 0 Å². The lowest BCUT2D eigenvalue weighted by atomic mass is 10.0. The van der Waals surface area contributed by atoms with Crippen molar-refractivity contribution in [2.24, 2.45) is 0 Å². The van der Waals surface area contributed by atoms with Crippen molar-refractivity contribution in [2.45, 2.75) is 19.3 Å². The van der Waals surface area contributed by atoms with Gasteiger partial charge in [0.1, 0.15) is 0 Å². The summed E-state index contributed by atoms with van der Waals surface area (Å²) in [5.74, 6) is 0. The summed E-state index contributed by atoms with van der Waals surface area (Å²) in [6.45, 7) is 0. The molecule has 0 bridgehead atoms. The monoisotopic (exact) mass is 272 g/mol. The first-order valence-electron chi connectivity index (χ1n) is 5.67. The zero-order valence-electron chi connectivity index (χ0n) is 9.04. The Hall–Kier alpha value is -1.08. The quantitative estimate of drug-likeness (QED) is 0.676. The second-order valence-electron chi connectivity index (χ2n) is 4.36. The molecule has 16 heavy (non-hydrogen) atoms. The van der Waals surface area contributed by atoms with Crippen LogP contribution in [0.5, 0.6) is 0 Å². The van der Waals surface area contributed by atoms with Gasteiger partial charge in [0, 0.05) is 4.47 Å². The third kappa shape index (κ3) is 1.80. The smallest absolute Gasteiger partial charge is 0.0178 e. The SMILES string of the molecule is Brc1ccc2c(c1)CCc1ccccc1C2. The number of benzene rings is 2. The number of rotatable bonds is 0. The summed E-state index contributed by atoms with van der Waals surface area (Å²) in [5.41, 5.74) is 5.97. The Labute approximate surface area is 104 Å². The summed E-state index contributed by atoms with van der Waals surface area (Å²) in [4.78, 5) is 0. The summed E-state index contributed by atoms with van der Waals surface area (Å²) in [7, 11) is 0. The molecule has 0 unspecified atom stereocenters. The van der Waals surface area contributed by atoms with E-state index in [-0.39, 0.29) is 0 Å². The van der Waals surface area contributed by atoms with Gasteiger partial charge in [-0.1, -0.05) is 46.3 Å². The predicted molar refractivity (Wildman–Crippen MR) is 70.8 cm³/mol. The molecule has 0 nitrogen and oxygen atoms in total. The van der Waals surface area contributed by atoms with Crippen molar-refractivity contribution in [3.8, 4) is 0 Å². The maximum atomic E-state index is 3.55. The Balaban J connectivity index is 2.08. The van der Waals surface area contributed by atoms with Crippen molar-refractivity contribution >= 4 is 15.9 Å². The van der Waals surface area contributed by atoms with E-state index in [0.29, 0.717) is 0 Å². The van der Waals surface area contributed by atoms with Crippen molar-refractivity contribution in [1.29, 1.82) is 0 Å². The molecule has 0 atom stereocenters. The molecule has 3 rings (SSSR count). The Kier molecular flexibility index (Phi) is 2.56. The van der Waals surface area contributed by atoms with Crippen LogP contribution in [0.4, 0.5) is 0 Å². The van der Waals surface area contributed by atoms with E-state index in [1.54, 1.807) is 0 Å². The molecule has 0 aliphatic heterocycles. The number of hydrogen-bond donors (Lipinski definition) is 0. The van der Waals surface area contributed by atoms with E-state index in [0.717, 1.165) is 12.8 Å². The first kappa shape index (κ1) is 10.1. The summed E-state index contributed by atoms with van der Waals surface area (Å²) < 4.78 is 1.19. The van der Waals surface area contributed by atoms with Crippen LogP contribution in [-0.4, -0.2) is 0 Å². The van der Waals surface area contributed by atoms with Crippen molar-refractivity contribution in [3.05, 3.63) is 69.2 Å². The fraction of sp³-hybridized carbons (Fsp3) is 0.200. The zero-order valence-corrected chi connectivity index (χ0v) is 10.6. The standard InChI is InChI=1S/C15H13Br/c16-15-8-7-13-9-12-4-2-1-3-11(12)5-6-14(13)10-15/h1-4,7-8,10H,5-6,9H2. The minimum Gasteiger partial charge on any atom is -0.0620 e. The molecule has 80 valence electrons. The fourth-order valence-electron chi connectivity index (χ4n) is 2.45. The van der Waals surface area contributed by atoms with Crippen LogP contribution in [0.1, 0.15) is 22.3 Å². The van der Waals surface area contributed by atoms with E-state index >= 15 is 0 Å². The molecule has 1 heteroatoms. The molecule has 0 saturated heterocycles.